The normalized spacial score (nSPS) is 40.8. The van der Waals surface area contributed by atoms with Gasteiger partial charge in [-0.05, 0) is 85.7 Å². The van der Waals surface area contributed by atoms with Crippen molar-refractivity contribution in [2.24, 2.45) is 35.0 Å². The molecular formula is C26H39NO2. The van der Waals surface area contributed by atoms with Crippen LogP contribution in [0, 0.1) is 35.0 Å². The number of carbonyl (C=O) groups excluding carboxylic acids is 1. The van der Waals surface area contributed by atoms with Gasteiger partial charge in [0.2, 0.25) is 5.91 Å². The van der Waals surface area contributed by atoms with Gasteiger partial charge in [0, 0.05) is 20.0 Å². The topological polar surface area (TPSA) is 29.5 Å². The summed E-state index contributed by atoms with van der Waals surface area (Å²) in [5.74, 6) is 4.91. The third-order valence-corrected chi connectivity index (χ3v) is 8.71. The Bertz CT molecular complexity index is 704. The van der Waals surface area contributed by atoms with E-state index < -0.39 is 0 Å². The molecule has 1 aromatic rings. The Hall–Kier alpha value is -1.51. The van der Waals surface area contributed by atoms with Crippen molar-refractivity contribution >= 4 is 5.91 Å². The molecule has 0 spiro atoms. The van der Waals surface area contributed by atoms with E-state index in [1.54, 1.807) is 0 Å². The third kappa shape index (κ3) is 4.20. The van der Waals surface area contributed by atoms with E-state index >= 15 is 0 Å². The van der Waals surface area contributed by atoms with E-state index in [0.29, 0.717) is 29.3 Å². The van der Waals surface area contributed by atoms with Crippen molar-refractivity contribution in [2.75, 3.05) is 13.6 Å². The van der Waals surface area contributed by atoms with Gasteiger partial charge in [0.25, 0.3) is 0 Å². The highest BCUT2D eigenvalue weighted by Gasteiger charge is 2.54. The van der Waals surface area contributed by atoms with Crippen molar-refractivity contribution < 1.29 is 9.53 Å². The summed E-state index contributed by atoms with van der Waals surface area (Å²) in [6.45, 7) is 8.31. The van der Waals surface area contributed by atoms with Gasteiger partial charge < -0.3 is 9.64 Å². The van der Waals surface area contributed by atoms with Crippen molar-refractivity contribution in [1.82, 2.24) is 4.90 Å². The highest BCUT2D eigenvalue weighted by atomic mass is 16.5. The molecule has 0 aromatic heterocycles. The van der Waals surface area contributed by atoms with Crippen LogP contribution in [0.5, 0.6) is 5.75 Å². The summed E-state index contributed by atoms with van der Waals surface area (Å²) >= 11 is 0. The van der Waals surface area contributed by atoms with Crippen LogP contribution in [0.25, 0.3) is 0 Å². The minimum atomic E-state index is 0.334. The number of hydrogen-bond acceptors (Lipinski definition) is 2. The van der Waals surface area contributed by atoms with E-state index in [1.807, 2.05) is 11.9 Å². The predicted octanol–water partition coefficient (Wildman–Crippen LogP) is 5.79. The SMILES string of the molecule is C[C@H]1CCC(=O)N(C)CC[C@H](C)C2C1CC[C@]1(C)C[C@@H](Oc3ccccc3)CC21. The maximum Gasteiger partial charge on any atom is 0.222 e. The minimum Gasteiger partial charge on any atom is -0.490 e. The average Bonchev–Trinajstić information content (AvgIpc) is 3.04. The van der Waals surface area contributed by atoms with Gasteiger partial charge in [0.15, 0.2) is 0 Å². The molecule has 0 N–H and O–H groups in total. The molecule has 3 unspecified atom stereocenters. The largest absolute Gasteiger partial charge is 0.490 e. The second-order valence-electron chi connectivity index (χ2n) is 10.6. The molecule has 0 bridgehead atoms. The van der Waals surface area contributed by atoms with E-state index in [4.69, 9.17) is 4.74 Å². The third-order valence-electron chi connectivity index (χ3n) is 8.71. The van der Waals surface area contributed by atoms with Crippen molar-refractivity contribution in [3.8, 4) is 5.75 Å². The summed E-state index contributed by atoms with van der Waals surface area (Å²) in [5.41, 5.74) is 0.403. The Morgan fingerprint density at radius 1 is 1.07 bits per heavy atom. The highest BCUT2D eigenvalue weighted by molar-refractivity contribution is 5.75. The average molecular weight is 398 g/mol. The van der Waals surface area contributed by atoms with Gasteiger partial charge in [0.1, 0.15) is 5.75 Å². The fourth-order valence-electron chi connectivity index (χ4n) is 6.95. The fraction of sp³-hybridized carbons (Fsp3) is 0.731. The summed E-state index contributed by atoms with van der Waals surface area (Å²) in [6.07, 6.45) is 8.26. The van der Waals surface area contributed by atoms with Crippen molar-refractivity contribution in [2.45, 2.75) is 71.8 Å². The number of hydrogen-bond donors (Lipinski definition) is 0. The summed E-state index contributed by atoms with van der Waals surface area (Å²) in [4.78, 5) is 14.4. The summed E-state index contributed by atoms with van der Waals surface area (Å²) in [7, 11) is 1.99. The summed E-state index contributed by atoms with van der Waals surface area (Å²) in [5, 5.41) is 0. The molecular weight excluding hydrogens is 358 g/mol. The molecule has 3 fully saturated rings. The van der Waals surface area contributed by atoms with E-state index in [9.17, 15) is 4.79 Å². The van der Waals surface area contributed by atoms with Gasteiger partial charge in [-0.15, -0.1) is 0 Å². The molecule has 3 heteroatoms. The predicted molar refractivity (Wildman–Crippen MR) is 118 cm³/mol. The number of benzene rings is 1. The maximum atomic E-state index is 12.4. The van der Waals surface area contributed by atoms with E-state index in [0.717, 1.165) is 49.3 Å². The molecule has 2 aliphatic carbocycles. The molecule has 1 saturated heterocycles. The standard InChI is InChI=1S/C26H39NO2/c1-18-10-11-24(28)27(4)15-13-19(2)25-22(18)12-14-26(3)17-21(16-23(25)26)29-20-8-6-5-7-9-20/h5-9,18-19,21-23,25H,10-17H2,1-4H3/t18-,19-,21-,22?,23?,25?,26+/m0/s1. The van der Waals surface area contributed by atoms with Gasteiger partial charge in [-0.25, -0.2) is 0 Å². The van der Waals surface area contributed by atoms with Crippen molar-refractivity contribution in [1.29, 1.82) is 0 Å². The van der Waals surface area contributed by atoms with Crippen LogP contribution in [0.1, 0.15) is 65.7 Å². The van der Waals surface area contributed by atoms with Crippen LogP contribution < -0.4 is 4.74 Å². The van der Waals surface area contributed by atoms with Crippen LogP contribution in [-0.2, 0) is 4.79 Å². The lowest BCUT2D eigenvalue weighted by Gasteiger charge is -2.51. The molecule has 4 rings (SSSR count). The Labute approximate surface area is 177 Å². The van der Waals surface area contributed by atoms with Crippen LogP contribution in [0.4, 0.5) is 0 Å². The molecule has 1 heterocycles. The first-order chi connectivity index (χ1) is 13.9. The first kappa shape index (κ1) is 20.8. The van der Waals surface area contributed by atoms with Gasteiger partial charge in [0.05, 0.1) is 6.10 Å². The Balaban J connectivity index is 1.55. The second kappa shape index (κ2) is 8.32. The smallest absolute Gasteiger partial charge is 0.222 e. The van der Waals surface area contributed by atoms with Crippen LogP contribution >= 0.6 is 0 Å². The lowest BCUT2D eigenvalue weighted by Crippen LogP contribution is -2.45. The number of nitrogens with zero attached hydrogens (tertiary/aromatic N) is 1. The molecule has 1 aliphatic heterocycles. The zero-order valence-electron chi connectivity index (χ0n) is 18.8. The van der Waals surface area contributed by atoms with Crippen LogP contribution in [-0.4, -0.2) is 30.5 Å². The molecule has 160 valence electrons. The number of rotatable bonds is 2. The first-order valence-corrected chi connectivity index (χ1v) is 11.8. The lowest BCUT2D eigenvalue weighted by molar-refractivity contribution is -0.131. The molecule has 1 aromatic carbocycles. The molecule has 3 aliphatic rings. The van der Waals surface area contributed by atoms with E-state index in [-0.39, 0.29) is 0 Å². The van der Waals surface area contributed by atoms with Crippen molar-refractivity contribution in [3.63, 3.8) is 0 Å². The van der Waals surface area contributed by atoms with Gasteiger partial charge in [-0.1, -0.05) is 39.0 Å². The lowest BCUT2D eigenvalue weighted by atomic mass is 9.54. The van der Waals surface area contributed by atoms with Crippen LogP contribution in [0.2, 0.25) is 0 Å². The molecule has 0 radical (unpaired) electrons. The highest BCUT2D eigenvalue weighted by Crippen LogP contribution is 2.60. The molecule has 29 heavy (non-hydrogen) atoms. The Morgan fingerprint density at radius 3 is 2.59 bits per heavy atom. The molecule has 1 amide bonds. The van der Waals surface area contributed by atoms with E-state index in [1.165, 1.54) is 25.7 Å². The number of ether oxygens (including phenoxy) is 1. The van der Waals surface area contributed by atoms with Gasteiger partial charge in [-0.2, -0.15) is 0 Å². The quantitative estimate of drug-likeness (QED) is 0.632. The Kier molecular flexibility index (Phi) is 5.95. The fourth-order valence-corrected chi connectivity index (χ4v) is 6.95. The Morgan fingerprint density at radius 2 is 1.83 bits per heavy atom. The monoisotopic (exact) mass is 397 g/mol. The van der Waals surface area contributed by atoms with Crippen LogP contribution in [0.3, 0.4) is 0 Å². The minimum absolute atomic E-state index is 0.334. The molecule has 3 nitrogen and oxygen atoms in total. The zero-order chi connectivity index (χ0) is 20.6. The van der Waals surface area contributed by atoms with Gasteiger partial charge in [-0.3, -0.25) is 4.79 Å². The molecule has 7 atom stereocenters. The summed E-state index contributed by atoms with van der Waals surface area (Å²) in [6, 6.07) is 10.4. The van der Waals surface area contributed by atoms with Gasteiger partial charge >= 0.3 is 0 Å². The first-order valence-electron chi connectivity index (χ1n) is 11.8. The second-order valence-corrected chi connectivity index (χ2v) is 10.6. The molecule has 2 saturated carbocycles. The number of carbonyl (C=O) groups is 1. The zero-order valence-corrected chi connectivity index (χ0v) is 18.8. The van der Waals surface area contributed by atoms with Crippen LogP contribution in [0.15, 0.2) is 30.3 Å². The van der Waals surface area contributed by atoms with Crippen molar-refractivity contribution in [3.05, 3.63) is 30.3 Å². The number of para-hydroxylation sites is 1. The number of amides is 1. The summed E-state index contributed by atoms with van der Waals surface area (Å²) < 4.78 is 6.45. The number of fused-ring (bicyclic) bond motifs is 3. The maximum absolute atomic E-state index is 12.4. The van der Waals surface area contributed by atoms with E-state index in [2.05, 4.69) is 51.1 Å².